The first-order chi connectivity index (χ1) is 9.19. The molecule has 1 heterocycles. The van der Waals surface area contributed by atoms with E-state index >= 15 is 0 Å². The highest BCUT2D eigenvalue weighted by Gasteiger charge is 2.02. The summed E-state index contributed by atoms with van der Waals surface area (Å²) in [5, 5.41) is 6.79. The van der Waals surface area contributed by atoms with Gasteiger partial charge in [0.1, 0.15) is 5.82 Å². The van der Waals surface area contributed by atoms with Crippen molar-refractivity contribution in [2.75, 3.05) is 24.1 Å². The van der Waals surface area contributed by atoms with Gasteiger partial charge in [-0.1, -0.05) is 6.92 Å². The molecular formula is C14H18N4O. The molecule has 0 radical (unpaired) electrons. The highest BCUT2D eigenvalue weighted by Crippen LogP contribution is 2.17. The van der Waals surface area contributed by atoms with Gasteiger partial charge in [0, 0.05) is 17.6 Å². The monoisotopic (exact) mass is 258 g/mol. The zero-order chi connectivity index (χ0) is 13.7. The highest BCUT2D eigenvalue weighted by molar-refractivity contribution is 5.84. The number of rotatable bonds is 5. The summed E-state index contributed by atoms with van der Waals surface area (Å²) >= 11 is 0. The first-order valence-electron chi connectivity index (χ1n) is 6.36. The minimum atomic E-state index is -0.0268. The Hall–Kier alpha value is -2.30. The lowest BCUT2D eigenvalue weighted by atomic mass is 10.2. The number of nitrogens with one attached hydrogen (secondary N) is 2. The van der Waals surface area contributed by atoms with E-state index < -0.39 is 0 Å². The van der Waals surface area contributed by atoms with Gasteiger partial charge in [0.05, 0.1) is 12.1 Å². The molecule has 4 N–H and O–H groups in total. The summed E-state index contributed by atoms with van der Waals surface area (Å²) in [4.78, 5) is 15.9. The molecule has 0 atom stereocenters. The summed E-state index contributed by atoms with van der Waals surface area (Å²) in [7, 11) is 0. The van der Waals surface area contributed by atoms with Crippen molar-refractivity contribution < 1.29 is 4.79 Å². The molecule has 0 bridgehead atoms. The van der Waals surface area contributed by atoms with Crippen molar-refractivity contribution >= 4 is 28.3 Å². The number of pyridine rings is 1. The topological polar surface area (TPSA) is 80.0 Å². The van der Waals surface area contributed by atoms with Crippen LogP contribution in [0.25, 0.3) is 10.9 Å². The SMILES string of the molecule is CCCNC(=O)CNc1ccc2cc(N)ccc2n1. The van der Waals surface area contributed by atoms with Crippen molar-refractivity contribution in [2.24, 2.45) is 0 Å². The summed E-state index contributed by atoms with van der Waals surface area (Å²) in [5.74, 6) is 0.657. The van der Waals surface area contributed by atoms with E-state index in [1.54, 1.807) is 0 Å². The number of hydrogen-bond acceptors (Lipinski definition) is 4. The first-order valence-corrected chi connectivity index (χ1v) is 6.36. The number of amides is 1. The summed E-state index contributed by atoms with van der Waals surface area (Å²) in [6.45, 7) is 2.95. The van der Waals surface area contributed by atoms with Crippen molar-refractivity contribution in [1.82, 2.24) is 10.3 Å². The van der Waals surface area contributed by atoms with Crippen LogP contribution in [0.5, 0.6) is 0 Å². The predicted molar refractivity (Wildman–Crippen MR) is 77.9 cm³/mol. The van der Waals surface area contributed by atoms with E-state index in [4.69, 9.17) is 5.73 Å². The number of carbonyl (C=O) groups is 1. The molecule has 2 rings (SSSR count). The maximum Gasteiger partial charge on any atom is 0.239 e. The molecule has 0 aliphatic rings. The van der Waals surface area contributed by atoms with Crippen molar-refractivity contribution in [3.63, 3.8) is 0 Å². The Labute approximate surface area is 112 Å². The molecule has 0 saturated heterocycles. The van der Waals surface area contributed by atoms with E-state index in [0.717, 1.165) is 17.3 Å². The number of carbonyl (C=O) groups excluding carboxylic acids is 1. The number of benzene rings is 1. The van der Waals surface area contributed by atoms with Gasteiger partial charge < -0.3 is 16.4 Å². The summed E-state index contributed by atoms with van der Waals surface area (Å²) in [6, 6.07) is 9.33. The predicted octanol–water partition coefficient (Wildman–Crippen LogP) is 1.76. The van der Waals surface area contributed by atoms with Crippen molar-refractivity contribution in [3.8, 4) is 0 Å². The fraction of sp³-hybridized carbons (Fsp3) is 0.286. The second-order valence-electron chi connectivity index (χ2n) is 4.35. The average molecular weight is 258 g/mol. The van der Waals surface area contributed by atoms with Crippen LogP contribution in [-0.4, -0.2) is 24.0 Å². The van der Waals surface area contributed by atoms with Gasteiger partial charge in [-0.2, -0.15) is 0 Å². The fourth-order valence-corrected chi connectivity index (χ4v) is 1.74. The van der Waals surface area contributed by atoms with Gasteiger partial charge in [-0.25, -0.2) is 4.98 Å². The van der Waals surface area contributed by atoms with E-state index in [0.29, 0.717) is 18.1 Å². The maximum atomic E-state index is 11.5. The van der Waals surface area contributed by atoms with E-state index in [-0.39, 0.29) is 12.5 Å². The lowest BCUT2D eigenvalue weighted by Gasteiger charge is -2.07. The number of aromatic nitrogens is 1. The van der Waals surface area contributed by atoms with Gasteiger partial charge in [0.25, 0.3) is 0 Å². The molecule has 0 saturated carbocycles. The number of nitrogens with two attached hydrogens (primary N) is 1. The number of nitrogens with zero attached hydrogens (tertiary/aromatic N) is 1. The van der Waals surface area contributed by atoms with E-state index in [2.05, 4.69) is 15.6 Å². The normalized spacial score (nSPS) is 10.4. The third-order valence-electron chi connectivity index (χ3n) is 2.72. The molecule has 1 amide bonds. The zero-order valence-electron chi connectivity index (χ0n) is 10.9. The number of anilines is 2. The Kier molecular flexibility index (Phi) is 4.18. The molecule has 0 unspecified atom stereocenters. The second kappa shape index (κ2) is 6.04. The van der Waals surface area contributed by atoms with Crippen molar-refractivity contribution in [3.05, 3.63) is 30.3 Å². The Bertz CT molecular complexity index is 583. The summed E-state index contributed by atoms with van der Waals surface area (Å²) in [5.41, 5.74) is 7.28. The summed E-state index contributed by atoms with van der Waals surface area (Å²) < 4.78 is 0. The Morgan fingerprint density at radius 2 is 2.16 bits per heavy atom. The fourth-order valence-electron chi connectivity index (χ4n) is 1.74. The van der Waals surface area contributed by atoms with Crippen LogP contribution in [0.15, 0.2) is 30.3 Å². The van der Waals surface area contributed by atoms with Crippen LogP contribution in [0.2, 0.25) is 0 Å². The third kappa shape index (κ3) is 3.58. The molecule has 100 valence electrons. The molecule has 1 aromatic heterocycles. The van der Waals surface area contributed by atoms with Gasteiger partial charge in [-0.05, 0) is 36.8 Å². The lowest BCUT2D eigenvalue weighted by Crippen LogP contribution is -2.30. The van der Waals surface area contributed by atoms with Crippen LogP contribution in [-0.2, 0) is 4.79 Å². The van der Waals surface area contributed by atoms with Crippen LogP contribution in [0, 0.1) is 0 Å². The van der Waals surface area contributed by atoms with Crippen LogP contribution >= 0.6 is 0 Å². The van der Waals surface area contributed by atoms with Crippen molar-refractivity contribution in [1.29, 1.82) is 0 Å². The number of nitrogen functional groups attached to an aromatic ring is 1. The highest BCUT2D eigenvalue weighted by atomic mass is 16.1. The molecule has 0 aliphatic carbocycles. The molecule has 0 fully saturated rings. The molecule has 1 aromatic carbocycles. The van der Waals surface area contributed by atoms with Crippen molar-refractivity contribution in [2.45, 2.75) is 13.3 Å². The Morgan fingerprint density at radius 3 is 2.95 bits per heavy atom. The maximum absolute atomic E-state index is 11.5. The minimum absolute atomic E-state index is 0.0268. The van der Waals surface area contributed by atoms with E-state index in [9.17, 15) is 4.79 Å². The molecule has 5 heteroatoms. The lowest BCUT2D eigenvalue weighted by molar-refractivity contribution is -0.119. The van der Waals surface area contributed by atoms with Gasteiger partial charge in [0.2, 0.25) is 5.91 Å². The van der Waals surface area contributed by atoms with E-state index in [1.165, 1.54) is 0 Å². The molecule has 0 spiro atoms. The standard InChI is InChI=1S/C14H18N4O/c1-2-7-16-14(19)9-17-13-6-3-10-8-11(15)4-5-12(10)18-13/h3-6,8H,2,7,9,15H2,1H3,(H,16,19)(H,17,18). The second-order valence-corrected chi connectivity index (χ2v) is 4.35. The number of fused-ring (bicyclic) bond motifs is 1. The molecule has 5 nitrogen and oxygen atoms in total. The number of hydrogen-bond donors (Lipinski definition) is 3. The Morgan fingerprint density at radius 1 is 1.32 bits per heavy atom. The first kappa shape index (κ1) is 13.1. The van der Waals surface area contributed by atoms with Crippen LogP contribution in [0.3, 0.4) is 0 Å². The van der Waals surface area contributed by atoms with Crippen LogP contribution in [0.4, 0.5) is 11.5 Å². The third-order valence-corrected chi connectivity index (χ3v) is 2.72. The molecular weight excluding hydrogens is 240 g/mol. The smallest absolute Gasteiger partial charge is 0.239 e. The van der Waals surface area contributed by atoms with Gasteiger partial charge in [-0.15, -0.1) is 0 Å². The van der Waals surface area contributed by atoms with Gasteiger partial charge >= 0.3 is 0 Å². The van der Waals surface area contributed by atoms with Gasteiger partial charge in [-0.3, -0.25) is 4.79 Å². The van der Waals surface area contributed by atoms with Crippen LogP contribution in [0.1, 0.15) is 13.3 Å². The molecule has 0 aliphatic heterocycles. The zero-order valence-corrected chi connectivity index (χ0v) is 10.9. The van der Waals surface area contributed by atoms with Crippen LogP contribution < -0.4 is 16.4 Å². The quantitative estimate of drug-likeness (QED) is 0.714. The largest absolute Gasteiger partial charge is 0.399 e. The van der Waals surface area contributed by atoms with Gasteiger partial charge in [0.15, 0.2) is 0 Å². The van der Waals surface area contributed by atoms with E-state index in [1.807, 2.05) is 37.3 Å². The molecule has 19 heavy (non-hydrogen) atoms. The average Bonchev–Trinajstić information content (AvgIpc) is 2.42. The summed E-state index contributed by atoms with van der Waals surface area (Å²) in [6.07, 6.45) is 0.932. The Balaban J connectivity index is 2.01. The molecule has 2 aromatic rings. The minimum Gasteiger partial charge on any atom is -0.399 e.